The van der Waals surface area contributed by atoms with Gasteiger partial charge in [-0.15, -0.1) is 0 Å². The molecule has 1 amide bonds. The summed E-state index contributed by atoms with van der Waals surface area (Å²) < 4.78 is 34.0. The van der Waals surface area contributed by atoms with Crippen molar-refractivity contribution >= 4 is 11.9 Å². The minimum absolute atomic E-state index is 0.113. The number of aliphatic carboxylic acids is 1. The van der Waals surface area contributed by atoms with Crippen molar-refractivity contribution in [2.75, 3.05) is 13.6 Å². The fourth-order valence-corrected chi connectivity index (χ4v) is 3.20. The monoisotopic (exact) mass is 454 g/mol. The van der Waals surface area contributed by atoms with Gasteiger partial charge in [0.2, 0.25) is 0 Å². The van der Waals surface area contributed by atoms with Gasteiger partial charge in [0.05, 0.1) is 24.3 Å². The van der Waals surface area contributed by atoms with E-state index in [0.29, 0.717) is 12.6 Å². The quantitative estimate of drug-likeness (QED) is 0.762. The number of amides is 1. The van der Waals surface area contributed by atoms with E-state index in [1.165, 1.54) is 5.69 Å². The van der Waals surface area contributed by atoms with Crippen LogP contribution in [-0.4, -0.2) is 62.1 Å². The Labute approximate surface area is 185 Å². The number of imidazole rings is 1. The van der Waals surface area contributed by atoms with E-state index in [0.717, 1.165) is 42.9 Å². The number of aryl methyl sites for hydroxylation is 2. The van der Waals surface area contributed by atoms with Gasteiger partial charge in [-0.3, -0.25) is 9.69 Å². The van der Waals surface area contributed by atoms with Crippen molar-refractivity contribution in [1.82, 2.24) is 19.4 Å². The maximum absolute atomic E-state index is 13.0. The molecule has 32 heavy (non-hydrogen) atoms. The molecule has 176 valence electrons. The molecule has 0 aliphatic carbocycles. The molecule has 0 fully saturated rings. The molecule has 3 rings (SSSR count). The van der Waals surface area contributed by atoms with E-state index in [4.69, 9.17) is 9.90 Å². The van der Waals surface area contributed by atoms with Crippen molar-refractivity contribution in [3.05, 3.63) is 53.1 Å². The number of nitrogens with zero attached hydrogens (tertiary/aromatic N) is 4. The van der Waals surface area contributed by atoms with Crippen LogP contribution in [0.15, 0.2) is 30.6 Å². The lowest BCUT2D eigenvalue weighted by molar-refractivity contribution is -0.192. The molecule has 1 aliphatic heterocycles. The van der Waals surface area contributed by atoms with Gasteiger partial charge in [-0.25, -0.2) is 9.78 Å². The number of hydrogen-bond acceptors (Lipinski definition) is 4. The zero-order valence-electron chi connectivity index (χ0n) is 18.7. The van der Waals surface area contributed by atoms with Gasteiger partial charge in [-0.05, 0) is 46.4 Å². The Kier molecular flexibility index (Phi) is 8.43. The summed E-state index contributed by atoms with van der Waals surface area (Å²) in [4.78, 5) is 30.7. The van der Waals surface area contributed by atoms with Gasteiger partial charge in [0.25, 0.3) is 5.91 Å². The Hall–Kier alpha value is -2.88. The molecule has 0 spiro atoms. The SMILES string of the molecule is Cc1cccc(C(=O)N2CCCn3cnc(CN(C)C(C)C)c3C2)c1.O=C(O)C(F)(F)F. The fourth-order valence-electron chi connectivity index (χ4n) is 3.20. The summed E-state index contributed by atoms with van der Waals surface area (Å²) in [6, 6.07) is 8.32. The standard InChI is InChI=1S/C20H28N4O.C2HF3O2/c1-15(2)22(4)12-18-19-13-23(9-6-10-24(19)14-21-18)20(25)17-8-5-7-16(3)11-17;3-2(4,5)1(6)7/h5,7-8,11,14-15H,6,9-10,12-13H2,1-4H3;(H,6,7). The topological polar surface area (TPSA) is 78.7 Å². The number of halogens is 3. The van der Waals surface area contributed by atoms with Crippen LogP contribution >= 0.6 is 0 Å². The molecule has 0 atom stereocenters. The lowest BCUT2D eigenvalue weighted by Crippen LogP contribution is -2.32. The van der Waals surface area contributed by atoms with Crippen LogP contribution in [-0.2, 0) is 24.4 Å². The van der Waals surface area contributed by atoms with Crippen molar-refractivity contribution in [2.24, 2.45) is 0 Å². The first-order chi connectivity index (χ1) is 14.9. The summed E-state index contributed by atoms with van der Waals surface area (Å²) in [6.45, 7) is 9.54. The Morgan fingerprint density at radius 1 is 1.25 bits per heavy atom. The first kappa shape index (κ1) is 25.4. The average molecular weight is 454 g/mol. The normalized spacial score (nSPS) is 14.0. The number of alkyl halides is 3. The molecule has 0 bridgehead atoms. The third-order valence-corrected chi connectivity index (χ3v) is 5.28. The molecule has 0 unspecified atom stereocenters. The highest BCUT2D eigenvalue weighted by Gasteiger charge is 2.38. The molecule has 2 aromatic rings. The number of carbonyl (C=O) groups excluding carboxylic acids is 1. The highest BCUT2D eigenvalue weighted by molar-refractivity contribution is 5.94. The van der Waals surface area contributed by atoms with Crippen molar-refractivity contribution in [2.45, 2.75) is 59.0 Å². The van der Waals surface area contributed by atoms with Gasteiger partial charge in [0.15, 0.2) is 0 Å². The van der Waals surface area contributed by atoms with Crippen LogP contribution < -0.4 is 0 Å². The summed E-state index contributed by atoms with van der Waals surface area (Å²) in [5.74, 6) is -2.64. The van der Waals surface area contributed by atoms with E-state index < -0.39 is 12.1 Å². The molecule has 0 saturated carbocycles. The summed E-state index contributed by atoms with van der Waals surface area (Å²) in [7, 11) is 2.11. The number of benzene rings is 1. The molecule has 1 aliphatic rings. The first-order valence-electron chi connectivity index (χ1n) is 10.3. The van der Waals surface area contributed by atoms with Crippen molar-refractivity contribution < 1.29 is 27.9 Å². The third-order valence-electron chi connectivity index (χ3n) is 5.28. The number of carbonyl (C=O) groups is 2. The van der Waals surface area contributed by atoms with Gasteiger partial charge in [0, 0.05) is 31.2 Å². The van der Waals surface area contributed by atoms with Crippen LogP contribution in [0.2, 0.25) is 0 Å². The largest absolute Gasteiger partial charge is 0.490 e. The predicted molar refractivity (Wildman–Crippen MR) is 113 cm³/mol. The van der Waals surface area contributed by atoms with Crippen LogP contribution in [0.1, 0.15) is 47.6 Å². The number of aromatic nitrogens is 2. The van der Waals surface area contributed by atoms with Crippen LogP contribution in [0, 0.1) is 6.92 Å². The number of carboxylic acids is 1. The maximum Gasteiger partial charge on any atom is 0.490 e. The third kappa shape index (κ3) is 6.81. The summed E-state index contributed by atoms with van der Waals surface area (Å²) in [5, 5.41) is 7.12. The molecule has 1 aromatic heterocycles. The lowest BCUT2D eigenvalue weighted by atomic mass is 10.1. The molecule has 0 saturated heterocycles. The van der Waals surface area contributed by atoms with Crippen molar-refractivity contribution in [1.29, 1.82) is 0 Å². The van der Waals surface area contributed by atoms with Crippen LogP contribution in [0.5, 0.6) is 0 Å². The summed E-state index contributed by atoms with van der Waals surface area (Å²) >= 11 is 0. The highest BCUT2D eigenvalue weighted by atomic mass is 19.4. The maximum atomic E-state index is 13.0. The Balaban J connectivity index is 0.000000451. The van der Waals surface area contributed by atoms with Crippen LogP contribution in [0.3, 0.4) is 0 Å². The molecular formula is C22H29F3N4O3. The number of fused-ring (bicyclic) bond motifs is 1. The Morgan fingerprint density at radius 3 is 2.47 bits per heavy atom. The molecular weight excluding hydrogens is 425 g/mol. The summed E-state index contributed by atoms with van der Waals surface area (Å²) in [5.41, 5.74) is 4.14. The Morgan fingerprint density at radius 2 is 1.91 bits per heavy atom. The van der Waals surface area contributed by atoms with Crippen LogP contribution in [0.25, 0.3) is 0 Å². The second-order valence-electron chi connectivity index (χ2n) is 8.09. The highest BCUT2D eigenvalue weighted by Crippen LogP contribution is 2.20. The van der Waals surface area contributed by atoms with E-state index in [1.807, 2.05) is 42.4 Å². The van der Waals surface area contributed by atoms with Gasteiger partial charge < -0.3 is 14.6 Å². The van der Waals surface area contributed by atoms with Gasteiger partial charge >= 0.3 is 12.1 Å². The van der Waals surface area contributed by atoms with E-state index in [2.05, 4.69) is 35.3 Å². The number of carboxylic acid groups (broad SMARTS) is 1. The van der Waals surface area contributed by atoms with Gasteiger partial charge in [-0.2, -0.15) is 13.2 Å². The predicted octanol–water partition coefficient (Wildman–Crippen LogP) is 3.71. The zero-order valence-corrected chi connectivity index (χ0v) is 18.7. The minimum Gasteiger partial charge on any atom is -0.475 e. The van der Waals surface area contributed by atoms with Crippen molar-refractivity contribution in [3.8, 4) is 0 Å². The van der Waals surface area contributed by atoms with Crippen LogP contribution in [0.4, 0.5) is 13.2 Å². The number of rotatable bonds is 4. The van der Waals surface area contributed by atoms with E-state index >= 15 is 0 Å². The number of hydrogen-bond donors (Lipinski definition) is 1. The Bertz CT molecular complexity index is 941. The van der Waals surface area contributed by atoms with E-state index in [9.17, 15) is 18.0 Å². The van der Waals surface area contributed by atoms with Gasteiger partial charge in [-0.1, -0.05) is 17.7 Å². The first-order valence-corrected chi connectivity index (χ1v) is 10.3. The molecule has 1 N–H and O–H groups in total. The smallest absolute Gasteiger partial charge is 0.475 e. The fraction of sp³-hybridized carbons (Fsp3) is 0.500. The molecule has 10 heteroatoms. The zero-order chi connectivity index (χ0) is 24.1. The van der Waals surface area contributed by atoms with E-state index in [1.54, 1.807) is 0 Å². The molecule has 7 nitrogen and oxygen atoms in total. The molecule has 1 aromatic carbocycles. The second kappa shape index (κ2) is 10.6. The second-order valence-corrected chi connectivity index (χ2v) is 8.09. The minimum atomic E-state index is -5.08. The average Bonchev–Trinajstić information content (AvgIpc) is 2.94. The van der Waals surface area contributed by atoms with Crippen molar-refractivity contribution in [3.63, 3.8) is 0 Å². The van der Waals surface area contributed by atoms with E-state index in [-0.39, 0.29) is 5.91 Å². The lowest BCUT2D eigenvalue weighted by Gasteiger charge is -2.23. The summed E-state index contributed by atoms with van der Waals surface area (Å²) in [6.07, 6.45) is -2.19. The molecule has 2 heterocycles. The molecule has 0 radical (unpaired) electrons. The van der Waals surface area contributed by atoms with Gasteiger partial charge in [0.1, 0.15) is 0 Å².